The van der Waals surface area contributed by atoms with Gasteiger partial charge in [-0.25, -0.2) is 4.68 Å². The molecule has 23 heavy (non-hydrogen) atoms. The largest absolute Gasteiger partial charge is 0.497 e. The molecular weight excluding hydrogens is 330 g/mol. The summed E-state index contributed by atoms with van der Waals surface area (Å²) in [5, 5.41) is 11.4. The van der Waals surface area contributed by atoms with Gasteiger partial charge in [-0.1, -0.05) is 11.8 Å². The Morgan fingerprint density at radius 2 is 2.13 bits per heavy atom. The van der Waals surface area contributed by atoms with Crippen molar-refractivity contribution in [2.24, 2.45) is 0 Å². The Morgan fingerprint density at radius 3 is 2.83 bits per heavy atom. The number of methoxy groups -OCH3 is 1. The van der Waals surface area contributed by atoms with E-state index in [-0.39, 0.29) is 6.04 Å². The number of quaternary nitrogens is 1. The normalized spacial score (nSPS) is 14.7. The molecule has 3 rings (SSSR count). The molecule has 0 fully saturated rings. The number of nitrogens with one attached hydrogen (secondary N) is 1. The minimum absolute atomic E-state index is 0.118. The van der Waals surface area contributed by atoms with Crippen LogP contribution in [0.1, 0.15) is 23.9 Å². The number of rotatable bonds is 6. The molecule has 1 aromatic carbocycles. The number of fused-ring (bicyclic) bond motifs is 1. The van der Waals surface area contributed by atoms with E-state index in [0.29, 0.717) is 0 Å². The number of hydrogen-bond acceptors (Lipinski definition) is 6. The first kappa shape index (κ1) is 16.2. The highest BCUT2D eigenvalue weighted by molar-refractivity contribution is 8.02. The second-order valence-corrected chi connectivity index (χ2v) is 6.97. The van der Waals surface area contributed by atoms with Gasteiger partial charge in [0.2, 0.25) is 11.0 Å². The Balaban J connectivity index is 1.80. The second kappa shape index (κ2) is 7.29. The molecule has 8 heteroatoms. The molecule has 1 aromatic heterocycles. The van der Waals surface area contributed by atoms with Crippen LogP contribution in [-0.4, -0.2) is 34.0 Å². The number of nitrogens with zero attached hydrogens (tertiary/aromatic N) is 3. The van der Waals surface area contributed by atoms with Crippen LogP contribution >= 0.6 is 23.5 Å². The summed E-state index contributed by atoms with van der Waals surface area (Å²) in [6, 6.07) is 8.08. The molecule has 1 atom stereocenters. The highest BCUT2D eigenvalue weighted by Crippen LogP contribution is 2.30. The fourth-order valence-corrected chi connectivity index (χ4v) is 3.54. The Labute approximate surface area is 143 Å². The van der Waals surface area contributed by atoms with E-state index in [2.05, 4.69) is 33.0 Å². The van der Waals surface area contributed by atoms with Gasteiger partial charge in [0.05, 0.1) is 12.8 Å². The van der Waals surface area contributed by atoms with E-state index < -0.39 is 0 Å². The van der Waals surface area contributed by atoms with Crippen LogP contribution in [0.15, 0.2) is 34.8 Å². The Kier molecular flexibility index (Phi) is 5.14. The lowest BCUT2D eigenvalue weighted by Crippen LogP contribution is -2.55. The number of aromatic nitrogens is 3. The van der Waals surface area contributed by atoms with E-state index in [9.17, 15) is 0 Å². The monoisotopic (exact) mass is 350 g/mol. The molecule has 0 aliphatic carbocycles. The SMILES string of the molecule is COc1ccc(C2=CSc3nnc([C@@H]([NH3+])CCSC)n3N2)cc1. The molecule has 0 spiro atoms. The number of hydrogen-bond donors (Lipinski definition) is 2. The van der Waals surface area contributed by atoms with Gasteiger partial charge in [0.1, 0.15) is 11.8 Å². The van der Waals surface area contributed by atoms with Crippen LogP contribution in [0.4, 0.5) is 0 Å². The zero-order valence-corrected chi connectivity index (χ0v) is 14.8. The van der Waals surface area contributed by atoms with E-state index in [0.717, 1.165) is 40.2 Å². The van der Waals surface area contributed by atoms with Crippen molar-refractivity contribution in [3.63, 3.8) is 0 Å². The third kappa shape index (κ3) is 3.49. The summed E-state index contributed by atoms with van der Waals surface area (Å²) < 4.78 is 7.15. The lowest BCUT2D eigenvalue weighted by atomic mass is 10.2. The fourth-order valence-electron chi connectivity index (χ4n) is 2.28. The van der Waals surface area contributed by atoms with Crippen LogP contribution in [0.5, 0.6) is 5.75 Å². The number of thioether (sulfide) groups is 2. The van der Waals surface area contributed by atoms with Crippen molar-refractivity contribution >= 4 is 29.2 Å². The zero-order chi connectivity index (χ0) is 16.2. The Hall–Kier alpha value is -1.64. The average Bonchev–Trinajstić information content (AvgIpc) is 3.03. The zero-order valence-electron chi connectivity index (χ0n) is 13.2. The van der Waals surface area contributed by atoms with Gasteiger partial charge < -0.3 is 10.5 Å². The molecule has 0 saturated heterocycles. The molecule has 1 aliphatic rings. The van der Waals surface area contributed by atoms with E-state index in [1.807, 2.05) is 40.7 Å². The van der Waals surface area contributed by atoms with Crippen molar-refractivity contribution < 1.29 is 10.5 Å². The summed E-state index contributed by atoms with van der Waals surface area (Å²) in [4.78, 5) is 0. The molecule has 6 nitrogen and oxygen atoms in total. The molecule has 0 bridgehead atoms. The first-order valence-corrected chi connectivity index (χ1v) is 9.56. The van der Waals surface area contributed by atoms with Gasteiger partial charge in [0.25, 0.3) is 0 Å². The molecule has 0 amide bonds. The molecular formula is C15H20N5OS2+. The summed E-state index contributed by atoms with van der Waals surface area (Å²) in [6.07, 6.45) is 3.08. The minimum Gasteiger partial charge on any atom is -0.497 e. The smallest absolute Gasteiger partial charge is 0.214 e. The van der Waals surface area contributed by atoms with Gasteiger partial charge in [-0.05, 0) is 36.3 Å². The van der Waals surface area contributed by atoms with E-state index >= 15 is 0 Å². The number of ether oxygens (including phenoxy) is 1. The van der Waals surface area contributed by atoms with Crippen molar-refractivity contribution in [2.75, 3.05) is 24.5 Å². The maximum absolute atomic E-state index is 5.21. The van der Waals surface area contributed by atoms with E-state index in [1.165, 1.54) is 0 Å². The van der Waals surface area contributed by atoms with Crippen molar-refractivity contribution in [3.05, 3.63) is 41.1 Å². The van der Waals surface area contributed by atoms with Crippen molar-refractivity contribution in [2.45, 2.75) is 17.6 Å². The molecule has 0 radical (unpaired) electrons. The number of benzene rings is 1. The van der Waals surface area contributed by atoms with Gasteiger partial charge in [-0.2, -0.15) is 11.8 Å². The molecule has 0 unspecified atom stereocenters. The van der Waals surface area contributed by atoms with E-state index in [4.69, 9.17) is 4.74 Å². The van der Waals surface area contributed by atoms with Gasteiger partial charge >= 0.3 is 0 Å². The predicted octanol–water partition coefficient (Wildman–Crippen LogP) is 1.97. The molecule has 4 N–H and O–H groups in total. The molecule has 2 heterocycles. The van der Waals surface area contributed by atoms with Gasteiger partial charge in [0.15, 0.2) is 0 Å². The minimum atomic E-state index is 0.118. The Morgan fingerprint density at radius 1 is 1.35 bits per heavy atom. The van der Waals surface area contributed by atoms with Crippen molar-refractivity contribution in [1.82, 2.24) is 14.9 Å². The van der Waals surface area contributed by atoms with Gasteiger partial charge in [0, 0.05) is 17.4 Å². The van der Waals surface area contributed by atoms with Crippen LogP contribution in [0, 0.1) is 0 Å². The maximum atomic E-state index is 5.21. The van der Waals surface area contributed by atoms with Crippen LogP contribution in [-0.2, 0) is 0 Å². The first-order chi connectivity index (χ1) is 11.2. The van der Waals surface area contributed by atoms with Crippen molar-refractivity contribution in [1.29, 1.82) is 0 Å². The molecule has 2 aromatic rings. The van der Waals surface area contributed by atoms with Gasteiger partial charge in [-0.15, -0.1) is 10.2 Å². The Bertz CT molecular complexity index is 698. The summed E-state index contributed by atoms with van der Waals surface area (Å²) in [6.45, 7) is 0. The summed E-state index contributed by atoms with van der Waals surface area (Å²) >= 11 is 3.38. The van der Waals surface area contributed by atoms with Gasteiger partial charge in [-0.3, -0.25) is 5.43 Å². The van der Waals surface area contributed by atoms with Crippen molar-refractivity contribution in [3.8, 4) is 5.75 Å². The van der Waals surface area contributed by atoms with Crippen LogP contribution in [0.2, 0.25) is 0 Å². The second-order valence-electron chi connectivity index (χ2n) is 5.14. The highest BCUT2D eigenvalue weighted by Gasteiger charge is 2.24. The lowest BCUT2D eigenvalue weighted by molar-refractivity contribution is -0.429. The standard InChI is InChI=1S/C15H19N5OS2/c1-21-11-5-3-10(4-6-11)13-9-23-15-18-17-14(20(15)19-13)12(16)7-8-22-2/h3-6,9,12,19H,7-8,16H2,1-2H3/p+1/t12-/m0/s1. The summed E-state index contributed by atoms with van der Waals surface area (Å²) in [5.41, 5.74) is 9.73. The van der Waals surface area contributed by atoms with Crippen LogP contribution < -0.4 is 15.9 Å². The quantitative estimate of drug-likeness (QED) is 0.829. The fraction of sp³-hybridized carbons (Fsp3) is 0.333. The molecule has 1 aliphatic heterocycles. The molecule has 0 saturated carbocycles. The highest BCUT2D eigenvalue weighted by atomic mass is 32.2. The van der Waals surface area contributed by atoms with E-state index in [1.54, 1.807) is 18.9 Å². The molecule has 122 valence electrons. The first-order valence-electron chi connectivity index (χ1n) is 7.28. The third-order valence-corrected chi connectivity index (χ3v) is 5.08. The third-order valence-electron chi connectivity index (χ3n) is 3.61. The summed E-state index contributed by atoms with van der Waals surface area (Å²) in [5.74, 6) is 2.78. The maximum Gasteiger partial charge on any atom is 0.214 e. The van der Waals surface area contributed by atoms with Crippen LogP contribution in [0.25, 0.3) is 5.70 Å². The lowest BCUT2D eigenvalue weighted by Gasteiger charge is -2.20. The average molecular weight is 350 g/mol. The topological polar surface area (TPSA) is 79.6 Å². The summed E-state index contributed by atoms with van der Waals surface area (Å²) in [7, 11) is 1.67. The predicted molar refractivity (Wildman–Crippen MR) is 94.8 cm³/mol. The van der Waals surface area contributed by atoms with Crippen LogP contribution in [0.3, 0.4) is 0 Å².